The standard InChI is InChI=1S/C49H33N3/c1-50-44-28-22-34(32-18-24-36(25-19-32)51-46-14-6-2-10-38(46)39-11-3-7-15-47(39)51)30-42(44)43-31-35(23-29-45(43)50)33-20-26-37(27-21-33)52-48-16-8-4-12-40(48)41-13-5-9-17-49(41)52/h2-31H,1H3. The molecule has 244 valence electrons. The highest BCUT2D eigenvalue weighted by atomic mass is 15.0. The maximum atomic E-state index is 2.37. The number of aryl methyl sites for hydroxylation is 1. The van der Waals surface area contributed by atoms with Crippen LogP contribution in [-0.2, 0) is 7.05 Å². The first kappa shape index (κ1) is 28.9. The number of para-hydroxylation sites is 4. The first-order valence-corrected chi connectivity index (χ1v) is 17.9. The van der Waals surface area contributed by atoms with Crippen LogP contribution in [0.25, 0.3) is 99.0 Å². The van der Waals surface area contributed by atoms with Gasteiger partial charge in [0.1, 0.15) is 0 Å². The maximum absolute atomic E-state index is 2.37. The maximum Gasteiger partial charge on any atom is 0.0541 e. The SMILES string of the molecule is Cn1c2ccc(-c3ccc(-n4c5ccccc5c5ccccc54)cc3)cc2c2cc(-c3ccc(-n4c5ccccc5c5ccccc54)cc3)ccc21. The molecule has 0 atom stereocenters. The number of nitrogens with zero attached hydrogens (tertiary/aromatic N) is 3. The van der Waals surface area contributed by atoms with Crippen LogP contribution in [0.15, 0.2) is 182 Å². The van der Waals surface area contributed by atoms with E-state index >= 15 is 0 Å². The summed E-state index contributed by atoms with van der Waals surface area (Å²) in [6, 6.07) is 66.5. The van der Waals surface area contributed by atoms with Crippen molar-refractivity contribution >= 4 is 65.4 Å². The topological polar surface area (TPSA) is 14.8 Å². The van der Waals surface area contributed by atoms with Crippen LogP contribution >= 0.6 is 0 Å². The minimum absolute atomic E-state index is 1.17. The van der Waals surface area contributed by atoms with Crippen molar-refractivity contribution in [1.82, 2.24) is 13.7 Å². The largest absolute Gasteiger partial charge is 0.344 e. The van der Waals surface area contributed by atoms with E-state index in [1.54, 1.807) is 0 Å². The van der Waals surface area contributed by atoms with Gasteiger partial charge in [-0.3, -0.25) is 0 Å². The van der Waals surface area contributed by atoms with Gasteiger partial charge < -0.3 is 13.7 Å². The van der Waals surface area contributed by atoms with Crippen LogP contribution in [-0.4, -0.2) is 13.7 Å². The summed E-state index contributed by atoms with van der Waals surface area (Å²) in [6.07, 6.45) is 0. The van der Waals surface area contributed by atoms with Crippen molar-refractivity contribution < 1.29 is 0 Å². The summed E-state index contributed by atoms with van der Waals surface area (Å²) in [5, 5.41) is 7.66. The van der Waals surface area contributed by atoms with Crippen molar-refractivity contribution in [1.29, 1.82) is 0 Å². The van der Waals surface area contributed by atoms with Crippen molar-refractivity contribution in [2.45, 2.75) is 0 Å². The van der Waals surface area contributed by atoms with E-state index in [4.69, 9.17) is 0 Å². The van der Waals surface area contributed by atoms with Crippen LogP contribution in [0.1, 0.15) is 0 Å². The Morgan fingerprint density at radius 1 is 0.269 bits per heavy atom. The second-order valence-corrected chi connectivity index (χ2v) is 13.9. The number of aromatic nitrogens is 3. The van der Waals surface area contributed by atoms with E-state index in [2.05, 4.69) is 203 Å². The zero-order chi connectivity index (χ0) is 34.3. The van der Waals surface area contributed by atoms with Crippen LogP contribution in [0, 0.1) is 0 Å². The molecule has 0 saturated carbocycles. The average molecular weight is 664 g/mol. The monoisotopic (exact) mass is 663 g/mol. The molecule has 3 nitrogen and oxygen atoms in total. The average Bonchev–Trinajstić information content (AvgIpc) is 3.83. The van der Waals surface area contributed by atoms with Crippen LogP contribution in [0.5, 0.6) is 0 Å². The molecule has 52 heavy (non-hydrogen) atoms. The summed E-state index contributed by atoms with van der Waals surface area (Å²) < 4.78 is 7.06. The summed E-state index contributed by atoms with van der Waals surface area (Å²) in [7, 11) is 2.17. The molecule has 8 aromatic carbocycles. The van der Waals surface area contributed by atoms with Gasteiger partial charge in [0.05, 0.1) is 22.1 Å². The zero-order valence-electron chi connectivity index (χ0n) is 28.7. The Labute approximate surface area is 300 Å². The third kappa shape index (κ3) is 4.20. The number of benzene rings is 8. The van der Waals surface area contributed by atoms with Gasteiger partial charge in [0.25, 0.3) is 0 Å². The normalized spacial score (nSPS) is 11.9. The lowest BCUT2D eigenvalue weighted by molar-refractivity contribution is 1.01. The van der Waals surface area contributed by atoms with Gasteiger partial charge in [0.2, 0.25) is 0 Å². The van der Waals surface area contributed by atoms with Gasteiger partial charge in [-0.2, -0.15) is 0 Å². The molecule has 11 rings (SSSR count). The van der Waals surface area contributed by atoms with Crippen molar-refractivity contribution in [3.05, 3.63) is 182 Å². The highest BCUT2D eigenvalue weighted by molar-refractivity contribution is 6.12. The fraction of sp³-hybridized carbons (Fsp3) is 0.0204. The first-order chi connectivity index (χ1) is 25.7. The highest BCUT2D eigenvalue weighted by Crippen LogP contribution is 2.37. The van der Waals surface area contributed by atoms with Gasteiger partial charge in [-0.15, -0.1) is 0 Å². The van der Waals surface area contributed by atoms with Crippen LogP contribution in [0.4, 0.5) is 0 Å². The molecule has 0 aliphatic rings. The van der Waals surface area contributed by atoms with Crippen molar-refractivity contribution in [3.63, 3.8) is 0 Å². The zero-order valence-corrected chi connectivity index (χ0v) is 28.7. The number of rotatable bonds is 4. The molecule has 3 heterocycles. The van der Waals surface area contributed by atoms with Crippen molar-refractivity contribution in [2.24, 2.45) is 7.05 Å². The third-order valence-corrected chi connectivity index (χ3v) is 11.1. The molecular weight excluding hydrogens is 631 g/mol. The Balaban J connectivity index is 0.973. The lowest BCUT2D eigenvalue weighted by Crippen LogP contribution is -1.93. The van der Waals surface area contributed by atoms with Gasteiger partial charge in [-0.25, -0.2) is 0 Å². The van der Waals surface area contributed by atoms with E-state index < -0.39 is 0 Å². The molecule has 0 amide bonds. The molecule has 3 aromatic heterocycles. The lowest BCUT2D eigenvalue weighted by Gasteiger charge is -2.10. The molecule has 0 saturated heterocycles. The van der Waals surface area contributed by atoms with E-state index in [9.17, 15) is 0 Å². The second kappa shape index (κ2) is 11.1. The molecule has 3 heteroatoms. The van der Waals surface area contributed by atoms with E-state index in [0.29, 0.717) is 0 Å². The smallest absolute Gasteiger partial charge is 0.0541 e. The Morgan fingerprint density at radius 3 is 0.923 bits per heavy atom. The quantitative estimate of drug-likeness (QED) is 0.178. The fourth-order valence-corrected chi connectivity index (χ4v) is 8.58. The summed E-state index contributed by atoms with van der Waals surface area (Å²) in [6.45, 7) is 0. The second-order valence-electron chi connectivity index (χ2n) is 13.9. The van der Waals surface area contributed by atoms with Crippen molar-refractivity contribution in [3.8, 4) is 33.6 Å². The highest BCUT2D eigenvalue weighted by Gasteiger charge is 2.15. The Bertz CT molecular complexity index is 2850. The molecule has 0 unspecified atom stereocenters. The van der Waals surface area contributed by atoms with Crippen LogP contribution in [0.3, 0.4) is 0 Å². The van der Waals surface area contributed by atoms with Gasteiger partial charge in [-0.05, 0) is 95.1 Å². The molecule has 0 radical (unpaired) electrons. The molecule has 0 spiro atoms. The van der Waals surface area contributed by atoms with Gasteiger partial charge in [-0.1, -0.05) is 109 Å². The first-order valence-electron chi connectivity index (χ1n) is 17.9. The molecule has 0 N–H and O–H groups in total. The number of hydrogen-bond acceptors (Lipinski definition) is 0. The van der Waals surface area contributed by atoms with E-state index in [0.717, 1.165) is 0 Å². The molecular formula is C49H33N3. The molecule has 0 bridgehead atoms. The van der Waals surface area contributed by atoms with E-state index in [-0.39, 0.29) is 0 Å². The lowest BCUT2D eigenvalue weighted by atomic mass is 10.00. The Hall–Kier alpha value is -6.84. The van der Waals surface area contributed by atoms with Crippen LogP contribution in [0.2, 0.25) is 0 Å². The predicted octanol–water partition coefficient (Wildman–Crippen LogP) is 12.9. The molecule has 0 aliphatic heterocycles. The number of hydrogen-bond donors (Lipinski definition) is 0. The fourth-order valence-electron chi connectivity index (χ4n) is 8.58. The molecule has 11 aromatic rings. The summed E-state index contributed by atoms with van der Waals surface area (Å²) in [4.78, 5) is 0. The predicted molar refractivity (Wildman–Crippen MR) is 220 cm³/mol. The minimum atomic E-state index is 1.17. The van der Waals surface area contributed by atoms with Gasteiger partial charge in [0.15, 0.2) is 0 Å². The number of fused-ring (bicyclic) bond motifs is 9. The van der Waals surface area contributed by atoms with E-state index in [1.807, 2.05) is 0 Å². The van der Waals surface area contributed by atoms with Gasteiger partial charge in [0, 0.05) is 61.8 Å². The third-order valence-electron chi connectivity index (χ3n) is 11.1. The summed E-state index contributed by atoms with van der Waals surface area (Å²) in [5.74, 6) is 0. The summed E-state index contributed by atoms with van der Waals surface area (Å²) >= 11 is 0. The molecule has 0 fully saturated rings. The van der Waals surface area contributed by atoms with Gasteiger partial charge >= 0.3 is 0 Å². The van der Waals surface area contributed by atoms with Crippen LogP contribution < -0.4 is 0 Å². The van der Waals surface area contributed by atoms with Crippen molar-refractivity contribution in [2.75, 3.05) is 0 Å². The summed E-state index contributed by atoms with van der Waals surface area (Å²) in [5.41, 5.74) is 14.6. The molecule has 0 aliphatic carbocycles. The van der Waals surface area contributed by atoms with E-state index in [1.165, 1.54) is 99.0 Å². The minimum Gasteiger partial charge on any atom is -0.344 e. The Morgan fingerprint density at radius 2 is 0.577 bits per heavy atom. The Kier molecular flexibility index (Phi) is 6.17.